The lowest BCUT2D eigenvalue weighted by Gasteiger charge is -2.24. The van der Waals surface area contributed by atoms with Gasteiger partial charge in [0.25, 0.3) is 0 Å². The van der Waals surface area contributed by atoms with Gasteiger partial charge in [-0.05, 0) is 60.5 Å². The minimum atomic E-state index is 0.466. The fraction of sp³-hybridized carbons (Fsp3) is 0.286. The summed E-state index contributed by atoms with van der Waals surface area (Å²) in [5.74, 6) is 0. The van der Waals surface area contributed by atoms with E-state index in [0.29, 0.717) is 6.04 Å². The molecule has 1 aliphatic rings. The van der Waals surface area contributed by atoms with E-state index >= 15 is 0 Å². The Bertz CT molecular complexity index is 501. The lowest BCUT2D eigenvalue weighted by Crippen LogP contribution is -2.15. The quantitative estimate of drug-likeness (QED) is 0.788. The summed E-state index contributed by atoms with van der Waals surface area (Å²) in [4.78, 5) is 1.55. The van der Waals surface area contributed by atoms with Crippen molar-refractivity contribution in [2.45, 2.75) is 25.3 Å². The zero-order valence-electron chi connectivity index (χ0n) is 9.65. The second-order valence-electron chi connectivity index (χ2n) is 4.51. The van der Waals surface area contributed by atoms with Crippen molar-refractivity contribution in [3.05, 3.63) is 46.2 Å². The molecular formula is C14H16N2S. The summed E-state index contributed by atoms with van der Waals surface area (Å²) in [6.07, 6.45) is 3.74. The highest BCUT2D eigenvalue weighted by atomic mass is 32.1. The number of fused-ring (bicyclic) bond motifs is 1. The van der Waals surface area contributed by atoms with Gasteiger partial charge in [-0.25, -0.2) is 0 Å². The average molecular weight is 244 g/mol. The molecule has 1 aromatic carbocycles. The molecule has 3 N–H and O–H groups in total. The Morgan fingerprint density at radius 3 is 2.82 bits per heavy atom. The molecule has 1 aromatic heterocycles. The van der Waals surface area contributed by atoms with Crippen molar-refractivity contribution < 1.29 is 0 Å². The Kier molecular flexibility index (Phi) is 2.77. The van der Waals surface area contributed by atoms with Gasteiger partial charge < -0.3 is 11.1 Å². The molecular weight excluding hydrogens is 228 g/mol. The fourth-order valence-electron chi connectivity index (χ4n) is 2.42. The first-order valence-corrected chi connectivity index (χ1v) is 6.89. The molecule has 3 rings (SSSR count). The SMILES string of the molecule is Nc1ccc(NC2CCCc3sccc32)cc1. The molecule has 1 heterocycles. The van der Waals surface area contributed by atoms with Crippen LogP contribution in [0.2, 0.25) is 0 Å². The van der Waals surface area contributed by atoms with Crippen LogP contribution in [-0.2, 0) is 6.42 Å². The zero-order chi connectivity index (χ0) is 11.7. The molecule has 1 unspecified atom stereocenters. The summed E-state index contributed by atoms with van der Waals surface area (Å²) < 4.78 is 0. The number of benzene rings is 1. The lowest BCUT2D eigenvalue weighted by molar-refractivity contribution is 0.609. The Hall–Kier alpha value is -1.48. The standard InChI is InChI=1S/C14H16N2S/c15-10-4-6-11(7-5-10)16-13-2-1-3-14-12(13)8-9-17-14/h4-9,13,16H,1-3,15H2. The fourth-order valence-corrected chi connectivity index (χ4v) is 3.40. The number of hydrogen-bond donors (Lipinski definition) is 2. The normalized spacial score (nSPS) is 18.7. The van der Waals surface area contributed by atoms with Gasteiger partial charge in [-0.2, -0.15) is 0 Å². The van der Waals surface area contributed by atoms with E-state index in [-0.39, 0.29) is 0 Å². The largest absolute Gasteiger partial charge is 0.399 e. The monoisotopic (exact) mass is 244 g/mol. The van der Waals surface area contributed by atoms with Crippen LogP contribution in [-0.4, -0.2) is 0 Å². The third kappa shape index (κ3) is 2.15. The van der Waals surface area contributed by atoms with Crippen LogP contribution in [0.4, 0.5) is 11.4 Å². The van der Waals surface area contributed by atoms with Crippen molar-refractivity contribution in [3.63, 3.8) is 0 Å². The maximum atomic E-state index is 5.69. The van der Waals surface area contributed by atoms with E-state index in [1.807, 2.05) is 23.5 Å². The number of nitrogen functional groups attached to an aromatic ring is 1. The van der Waals surface area contributed by atoms with E-state index in [1.54, 1.807) is 4.88 Å². The van der Waals surface area contributed by atoms with Crippen molar-refractivity contribution in [1.29, 1.82) is 0 Å². The zero-order valence-corrected chi connectivity index (χ0v) is 10.5. The predicted octanol–water partition coefficient (Wildman–Crippen LogP) is 3.82. The number of anilines is 2. The Morgan fingerprint density at radius 1 is 1.18 bits per heavy atom. The molecule has 3 heteroatoms. The van der Waals surface area contributed by atoms with Crippen molar-refractivity contribution in [2.75, 3.05) is 11.1 Å². The van der Waals surface area contributed by atoms with Gasteiger partial charge in [-0.3, -0.25) is 0 Å². The number of rotatable bonds is 2. The van der Waals surface area contributed by atoms with Gasteiger partial charge in [0.2, 0.25) is 0 Å². The minimum Gasteiger partial charge on any atom is -0.399 e. The van der Waals surface area contributed by atoms with Gasteiger partial charge in [0.15, 0.2) is 0 Å². The van der Waals surface area contributed by atoms with Crippen LogP contribution in [0.5, 0.6) is 0 Å². The van der Waals surface area contributed by atoms with Crippen LogP contribution in [0.25, 0.3) is 0 Å². The number of hydrogen-bond acceptors (Lipinski definition) is 3. The summed E-state index contributed by atoms with van der Waals surface area (Å²) in [6, 6.07) is 10.7. The molecule has 2 aromatic rings. The second-order valence-corrected chi connectivity index (χ2v) is 5.51. The van der Waals surface area contributed by atoms with Crippen LogP contribution in [0.15, 0.2) is 35.7 Å². The van der Waals surface area contributed by atoms with Crippen LogP contribution in [0.3, 0.4) is 0 Å². The molecule has 0 bridgehead atoms. The summed E-state index contributed by atoms with van der Waals surface area (Å²) in [5.41, 5.74) is 9.15. The summed E-state index contributed by atoms with van der Waals surface area (Å²) >= 11 is 1.88. The first-order chi connectivity index (χ1) is 8.33. The molecule has 0 saturated carbocycles. The van der Waals surface area contributed by atoms with E-state index < -0.39 is 0 Å². The highest BCUT2D eigenvalue weighted by Crippen LogP contribution is 2.35. The molecule has 0 spiro atoms. The number of aryl methyl sites for hydroxylation is 1. The molecule has 0 amide bonds. The maximum Gasteiger partial charge on any atom is 0.0524 e. The predicted molar refractivity (Wildman–Crippen MR) is 74.5 cm³/mol. The van der Waals surface area contributed by atoms with Crippen molar-refractivity contribution in [1.82, 2.24) is 0 Å². The van der Waals surface area contributed by atoms with Crippen molar-refractivity contribution >= 4 is 22.7 Å². The van der Waals surface area contributed by atoms with Crippen LogP contribution < -0.4 is 11.1 Å². The molecule has 1 aliphatic carbocycles. The lowest BCUT2D eigenvalue weighted by atomic mass is 9.94. The summed E-state index contributed by atoms with van der Waals surface area (Å²) in [7, 11) is 0. The molecule has 1 atom stereocenters. The Morgan fingerprint density at radius 2 is 2.00 bits per heavy atom. The van der Waals surface area contributed by atoms with E-state index in [4.69, 9.17) is 5.73 Å². The Labute approximate surface area is 105 Å². The van der Waals surface area contributed by atoms with E-state index in [1.165, 1.54) is 24.8 Å². The van der Waals surface area contributed by atoms with Crippen LogP contribution >= 0.6 is 11.3 Å². The third-order valence-corrected chi connectivity index (χ3v) is 4.30. The molecule has 0 fully saturated rings. The first kappa shape index (κ1) is 10.7. The average Bonchev–Trinajstić information content (AvgIpc) is 2.81. The van der Waals surface area contributed by atoms with E-state index in [0.717, 1.165) is 11.4 Å². The van der Waals surface area contributed by atoms with Crippen LogP contribution in [0.1, 0.15) is 29.3 Å². The summed E-state index contributed by atoms with van der Waals surface area (Å²) in [6.45, 7) is 0. The molecule has 88 valence electrons. The smallest absolute Gasteiger partial charge is 0.0524 e. The third-order valence-electron chi connectivity index (χ3n) is 3.30. The van der Waals surface area contributed by atoms with Crippen LogP contribution in [0, 0.1) is 0 Å². The highest BCUT2D eigenvalue weighted by molar-refractivity contribution is 7.10. The Balaban J connectivity index is 1.81. The van der Waals surface area contributed by atoms with E-state index in [2.05, 4.69) is 28.9 Å². The molecule has 0 saturated heterocycles. The highest BCUT2D eigenvalue weighted by Gasteiger charge is 2.20. The van der Waals surface area contributed by atoms with Crippen molar-refractivity contribution in [2.24, 2.45) is 0 Å². The number of nitrogens with one attached hydrogen (secondary N) is 1. The maximum absolute atomic E-state index is 5.69. The minimum absolute atomic E-state index is 0.466. The molecule has 2 nitrogen and oxygen atoms in total. The van der Waals surface area contributed by atoms with Gasteiger partial charge in [-0.15, -0.1) is 11.3 Å². The number of thiophene rings is 1. The molecule has 17 heavy (non-hydrogen) atoms. The second kappa shape index (κ2) is 4.41. The van der Waals surface area contributed by atoms with Gasteiger partial charge in [0.05, 0.1) is 6.04 Å². The van der Waals surface area contributed by atoms with E-state index in [9.17, 15) is 0 Å². The number of nitrogens with two attached hydrogens (primary N) is 1. The molecule has 0 radical (unpaired) electrons. The topological polar surface area (TPSA) is 38.0 Å². The van der Waals surface area contributed by atoms with Gasteiger partial charge in [-0.1, -0.05) is 0 Å². The van der Waals surface area contributed by atoms with Gasteiger partial charge in [0, 0.05) is 16.3 Å². The van der Waals surface area contributed by atoms with Gasteiger partial charge in [0.1, 0.15) is 0 Å². The first-order valence-electron chi connectivity index (χ1n) is 6.01. The summed E-state index contributed by atoms with van der Waals surface area (Å²) in [5, 5.41) is 5.80. The molecule has 0 aliphatic heterocycles. The van der Waals surface area contributed by atoms with Crippen molar-refractivity contribution in [3.8, 4) is 0 Å². The van der Waals surface area contributed by atoms with Gasteiger partial charge >= 0.3 is 0 Å².